The van der Waals surface area contributed by atoms with E-state index in [-0.39, 0.29) is 32.0 Å². The highest BCUT2D eigenvalue weighted by atomic mass is 35.5. The summed E-state index contributed by atoms with van der Waals surface area (Å²) in [6, 6.07) is 10.0. The van der Waals surface area contributed by atoms with E-state index in [0.29, 0.717) is 12.1 Å². The summed E-state index contributed by atoms with van der Waals surface area (Å²) in [7, 11) is -4.37. The lowest BCUT2D eigenvalue weighted by Crippen LogP contribution is -2.22. The van der Waals surface area contributed by atoms with Crippen LogP contribution in [-0.2, 0) is 19.6 Å². The minimum absolute atomic E-state index is 0.103. The predicted octanol–water partition coefficient (Wildman–Crippen LogP) is 5.52. The molecule has 0 aliphatic rings. The average molecular weight is 550 g/mol. The molecule has 0 saturated heterocycles. The van der Waals surface area contributed by atoms with Crippen LogP contribution in [0.2, 0.25) is 15.1 Å². The monoisotopic (exact) mass is 548 g/mol. The Morgan fingerprint density at radius 3 is 2.24 bits per heavy atom. The second-order valence-corrected chi connectivity index (χ2v) is 9.50. The van der Waals surface area contributed by atoms with Crippen molar-refractivity contribution in [3.63, 3.8) is 0 Å². The van der Waals surface area contributed by atoms with E-state index >= 15 is 0 Å². The zero-order valence-electron chi connectivity index (χ0n) is 16.7. The van der Waals surface area contributed by atoms with Crippen LogP contribution in [0.4, 0.5) is 20.2 Å². The molecule has 0 aromatic heterocycles. The number of esters is 1. The van der Waals surface area contributed by atoms with Crippen LogP contribution in [0.5, 0.6) is 0 Å². The van der Waals surface area contributed by atoms with Crippen LogP contribution in [-0.4, -0.2) is 26.9 Å². The van der Waals surface area contributed by atoms with Crippen LogP contribution in [0.25, 0.3) is 0 Å². The van der Waals surface area contributed by atoms with E-state index in [0.717, 1.165) is 6.07 Å². The van der Waals surface area contributed by atoms with Gasteiger partial charge in [0.25, 0.3) is 15.9 Å². The molecule has 3 aromatic carbocycles. The third kappa shape index (κ3) is 6.15. The van der Waals surface area contributed by atoms with E-state index < -0.39 is 45.0 Å². The Labute approximate surface area is 207 Å². The maximum absolute atomic E-state index is 13.5. The van der Waals surface area contributed by atoms with Crippen LogP contribution in [0.1, 0.15) is 10.4 Å². The van der Waals surface area contributed by atoms with E-state index in [2.05, 4.69) is 10.0 Å². The molecule has 0 aliphatic heterocycles. The fourth-order valence-electron chi connectivity index (χ4n) is 2.61. The molecule has 0 bridgehead atoms. The molecule has 34 heavy (non-hydrogen) atoms. The van der Waals surface area contributed by atoms with Gasteiger partial charge in [0.1, 0.15) is 0 Å². The normalized spacial score (nSPS) is 11.1. The molecular formula is C21H13Cl3F2N2O5S. The van der Waals surface area contributed by atoms with Crippen LogP contribution in [0, 0.1) is 11.6 Å². The highest BCUT2D eigenvalue weighted by Crippen LogP contribution is 2.32. The number of halogens is 5. The predicted molar refractivity (Wildman–Crippen MR) is 124 cm³/mol. The number of benzene rings is 3. The first-order valence-corrected chi connectivity index (χ1v) is 11.8. The molecule has 0 aliphatic carbocycles. The number of hydrogen-bond donors (Lipinski definition) is 2. The molecule has 1 amide bonds. The lowest BCUT2D eigenvalue weighted by atomic mass is 10.2. The first-order valence-electron chi connectivity index (χ1n) is 9.16. The topological polar surface area (TPSA) is 102 Å². The summed E-state index contributed by atoms with van der Waals surface area (Å²) in [5.41, 5.74) is -0.295. The molecule has 13 heteroatoms. The summed E-state index contributed by atoms with van der Waals surface area (Å²) >= 11 is 17.7. The zero-order chi connectivity index (χ0) is 25.0. The lowest BCUT2D eigenvalue weighted by molar-refractivity contribution is -0.119. The number of nitrogens with one attached hydrogen (secondary N) is 2. The van der Waals surface area contributed by atoms with E-state index in [9.17, 15) is 26.8 Å². The highest BCUT2D eigenvalue weighted by Gasteiger charge is 2.21. The van der Waals surface area contributed by atoms with E-state index in [1.807, 2.05) is 0 Å². The summed E-state index contributed by atoms with van der Waals surface area (Å²) in [4.78, 5) is 24.1. The van der Waals surface area contributed by atoms with E-state index in [4.69, 9.17) is 39.5 Å². The van der Waals surface area contributed by atoms with Gasteiger partial charge in [-0.25, -0.2) is 22.0 Å². The van der Waals surface area contributed by atoms with Crippen molar-refractivity contribution in [2.24, 2.45) is 0 Å². The van der Waals surface area contributed by atoms with Gasteiger partial charge < -0.3 is 10.1 Å². The number of carbonyl (C=O) groups is 2. The van der Waals surface area contributed by atoms with Crippen LogP contribution >= 0.6 is 34.8 Å². The molecule has 0 unspecified atom stereocenters. The number of sulfonamides is 1. The van der Waals surface area contributed by atoms with Gasteiger partial charge in [-0.1, -0.05) is 46.9 Å². The van der Waals surface area contributed by atoms with Crippen LogP contribution in [0.15, 0.2) is 59.5 Å². The SMILES string of the molecule is O=C(COC(=O)c1ccccc1NS(=O)(=O)c1ccc(F)c(F)c1)Nc1cc(Cl)c(Cl)cc1Cl. The Bertz CT molecular complexity index is 1390. The van der Waals surface area contributed by atoms with Crippen molar-refractivity contribution in [3.05, 3.63) is 86.9 Å². The number of para-hydroxylation sites is 1. The Kier molecular flexibility index (Phi) is 7.98. The van der Waals surface area contributed by atoms with Gasteiger partial charge in [-0.15, -0.1) is 0 Å². The molecule has 7 nitrogen and oxygen atoms in total. The fourth-order valence-corrected chi connectivity index (χ4v) is 4.30. The highest BCUT2D eigenvalue weighted by molar-refractivity contribution is 7.92. The first kappa shape index (κ1) is 25.7. The summed E-state index contributed by atoms with van der Waals surface area (Å²) in [5, 5.41) is 2.82. The van der Waals surface area contributed by atoms with E-state index in [1.165, 1.54) is 36.4 Å². The van der Waals surface area contributed by atoms with Crippen LogP contribution < -0.4 is 10.0 Å². The fraction of sp³-hybridized carbons (Fsp3) is 0.0476. The number of ether oxygens (including phenoxy) is 1. The van der Waals surface area contributed by atoms with Gasteiger partial charge in [0.2, 0.25) is 0 Å². The maximum atomic E-state index is 13.5. The molecule has 2 N–H and O–H groups in total. The second-order valence-electron chi connectivity index (χ2n) is 6.60. The summed E-state index contributed by atoms with van der Waals surface area (Å²) in [5.74, 6) is -4.36. The van der Waals surface area contributed by atoms with Crippen molar-refractivity contribution in [2.45, 2.75) is 4.90 Å². The number of amides is 1. The zero-order valence-corrected chi connectivity index (χ0v) is 19.8. The molecule has 0 spiro atoms. The molecule has 178 valence electrons. The van der Waals surface area contributed by atoms with Gasteiger partial charge in [0.15, 0.2) is 18.2 Å². The molecule has 3 aromatic rings. The quantitative estimate of drug-likeness (QED) is 0.298. The molecule has 0 heterocycles. The van der Waals surface area contributed by atoms with Crippen molar-refractivity contribution < 1.29 is 31.5 Å². The van der Waals surface area contributed by atoms with Gasteiger partial charge in [-0.2, -0.15) is 0 Å². The second kappa shape index (κ2) is 10.6. The third-order valence-electron chi connectivity index (χ3n) is 4.21. The van der Waals surface area contributed by atoms with E-state index in [1.54, 1.807) is 0 Å². The maximum Gasteiger partial charge on any atom is 0.340 e. The Morgan fingerprint density at radius 2 is 1.53 bits per heavy atom. The van der Waals surface area contributed by atoms with Crippen molar-refractivity contribution in [1.82, 2.24) is 0 Å². The summed E-state index contributed by atoms with van der Waals surface area (Å²) in [6.45, 7) is -0.736. The molecule has 0 fully saturated rings. The average Bonchev–Trinajstić information content (AvgIpc) is 2.77. The van der Waals surface area contributed by atoms with Crippen molar-refractivity contribution in [1.29, 1.82) is 0 Å². The Balaban J connectivity index is 1.71. The summed E-state index contributed by atoms with van der Waals surface area (Å²) in [6.07, 6.45) is 0. The van der Waals surface area contributed by atoms with Gasteiger partial charge in [-0.05, 0) is 42.5 Å². The van der Waals surface area contributed by atoms with Crippen molar-refractivity contribution in [3.8, 4) is 0 Å². The van der Waals surface area contributed by atoms with Crippen molar-refractivity contribution >= 4 is 68.1 Å². The summed E-state index contributed by atoms with van der Waals surface area (Å²) < 4.78 is 58.7. The largest absolute Gasteiger partial charge is 0.452 e. The standard InChI is InChI=1S/C21H13Cl3F2N2O5S/c22-13-8-15(24)19(9-14(13)23)27-20(29)10-33-21(30)12-3-1-2-4-18(12)28-34(31,32)11-5-6-16(25)17(26)7-11/h1-9,28H,10H2,(H,27,29). The molecule has 0 radical (unpaired) electrons. The van der Waals surface area contributed by atoms with Gasteiger partial charge in [-0.3, -0.25) is 9.52 Å². The number of hydrogen-bond acceptors (Lipinski definition) is 5. The smallest absolute Gasteiger partial charge is 0.340 e. The number of rotatable bonds is 7. The Morgan fingerprint density at radius 1 is 0.853 bits per heavy atom. The molecule has 0 atom stereocenters. The van der Waals surface area contributed by atoms with Crippen molar-refractivity contribution in [2.75, 3.05) is 16.6 Å². The molecule has 3 rings (SSSR count). The molecule has 0 saturated carbocycles. The first-order chi connectivity index (χ1) is 16.0. The lowest BCUT2D eigenvalue weighted by Gasteiger charge is -2.13. The van der Waals surface area contributed by atoms with Crippen LogP contribution in [0.3, 0.4) is 0 Å². The minimum atomic E-state index is -4.37. The number of anilines is 2. The van der Waals surface area contributed by atoms with Gasteiger partial charge in [0, 0.05) is 0 Å². The Hall–Kier alpha value is -2.92. The number of carbonyl (C=O) groups excluding carboxylic acids is 2. The third-order valence-corrected chi connectivity index (χ3v) is 6.61. The van der Waals surface area contributed by atoms with Gasteiger partial charge in [0.05, 0.1) is 36.9 Å². The van der Waals surface area contributed by atoms with Gasteiger partial charge >= 0.3 is 5.97 Å². The molecular weight excluding hydrogens is 537 g/mol. The minimum Gasteiger partial charge on any atom is -0.452 e.